The highest BCUT2D eigenvalue weighted by Gasteiger charge is 2.40. The van der Waals surface area contributed by atoms with Crippen molar-refractivity contribution >= 4 is 6.29 Å². The minimum Gasteiger partial charge on any atom is -0.387 e. The Labute approximate surface area is 82.3 Å². The van der Waals surface area contributed by atoms with Crippen LogP contribution in [0.5, 0.6) is 0 Å². The van der Waals surface area contributed by atoms with E-state index < -0.39 is 30.3 Å². The van der Waals surface area contributed by atoms with Gasteiger partial charge < -0.3 is 31.3 Å². The van der Waals surface area contributed by atoms with Crippen LogP contribution < -0.4 is 11.5 Å². The summed E-state index contributed by atoms with van der Waals surface area (Å²) in [4.78, 5) is 10.4. The van der Waals surface area contributed by atoms with Crippen LogP contribution in [0.3, 0.4) is 0 Å². The average molecular weight is 212 g/mol. The van der Waals surface area contributed by atoms with Gasteiger partial charge in [0.05, 0.1) is 0 Å². The summed E-state index contributed by atoms with van der Waals surface area (Å²) in [5.74, 6) is 0. The Hall–Kier alpha value is -0.610. The second kappa shape index (κ2) is 4.75. The van der Waals surface area contributed by atoms with Crippen LogP contribution in [0.4, 0.5) is 0 Å². The summed E-state index contributed by atoms with van der Waals surface area (Å²) < 4.78 is 13.1. The molecule has 1 unspecified atom stereocenters. The van der Waals surface area contributed by atoms with Crippen LogP contribution in [-0.2, 0) is 4.79 Å². The Kier molecular flexibility index (Phi) is 3.37. The van der Waals surface area contributed by atoms with Crippen LogP contribution in [0.2, 0.25) is 2.82 Å². The smallest absolute Gasteiger partial charge is 0.199 e. The highest BCUT2D eigenvalue weighted by atomic mass is 16.4. The summed E-state index contributed by atoms with van der Waals surface area (Å²) in [6.07, 6.45) is -8.60. The molecule has 5 atom stereocenters. The third-order valence-electron chi connectivity index (χ3n) is 1.63. The Morgan fingerprint density at radius 3 is 2.21 bits per heavy atom. The second-order valence-electron chi connectivity index (χ2n) is 2.81. The lowest BCUT2D eigenvalue weighted by atomic mass is 9.99. The van der Waals surface area contributed by atoms with E-state index in [0.717, 1.165) is 0 Å². The van der Waals surface area contributed by atoms with Crippen molar-refractivity contribution in [1.82, 2.24) is 0 Å². The molecule has 0 spiro atoms. The summed E-state index contributed by atoms with van der Waals surface area (Å²) in [7, 11) is 0. The molecule has 0 aliphatic carbocycles. The molecule has 0 saturated carbocycles. The number of aldehydes is 1. The van der Waals surface area contributed by atoms with Gasteiger partial charge in [0.25, 0.3) is 0 Å². The summed E-state index contributed by atoms with van der Waals surface area (Å²) in [5, 5.41) is 45.8. The van der Waals surface area contributed by atoms with E-state index in [9.17, 15) is 20.1 Å². The molecule has 0 fully saturated rings. The lowest BCUT2D eigenvalue weighted by Gasteiger charge is -2.30. The summed E-state index contributed by atoms with van der Waals surface area (Å²) in [6.45, 7) is 0. The Bertz CT molecular complexity index is 235. The maximum absolute atomic E-state index is 10.4. The van der Waals surface area contributed by atoms with Crippen LogP contribution in [-0.4, -0.2) is 62.1 Å². The molecule has 0 aromatic rings. The van der Waals surface area contributed by atoms with E-state index >= 15 is 0 Å². The highest BCUT2D eigenvalue weighted by Crippen LogP contribution is 2.09. The molecule has 0 bridgehead atoms. The minimum absolute atomic E-state index is 0.249. The first-order valence-corrected chi connectivity index (χ1v) is 3.61. The molecule has 0 saturated heterocycles. The first kappa shape index (κ1) is 9.93. The van der Waals surface area contributed by atoms with Crippen molar-refractivity contribution in [2.45, 2.75) is 30.3 Å². The van der Waals surface area contributed by atoms with Gasteiger partial charge in [0.2, 0.25) is 0 Å². The van der Waals surface area contributed by atoms with E-state index in [1.807, 2.05) is 0 Å². The summed E-state index contributed by atoms with van der Waals surface area (Å²) in [6, 6.07) is 0. The molecule has 0 aliphatic rings. The third kappa shape index (κ3) is 2.96. The molecule has 0 heterocycles. The van der Waals surface area contributed by atoms with E-state index in [1.54, 1.807) is 0 Å². The predicted molar refractivity (Wildman–Crippen MR) is 43.4 cm³/mol. The lowest BCUT2D eigenvalue weighted by molar-refractivity contribution is -0.169. The molecule has 8 heteroatoms. The van der Waals surface area contributed by atoms with Gasteiger partial charge in [-0.25, -0.2) is 0 Å². The number of aliphatic hydroxyl groups excluding tert-OH is 4. The molecule has 0 rings (SSSR count). The fourth-order valence-electron chi connectivity index (χ4n) is 0.704. The highest BCUT2D eigenvalue weighted by molar-refractivity contribution is 5.62. The van der Waals surface area contributed by atoms with Gasteiger partial charge in [-0.2, -0.15) is 0 Å². The first-order chi connectivity index (χ1) is 7.33. The van der Waals surface area contributed by atoms with E-state index in [-0.39, 0.29) is 6.29 Å². The van der Waals surface area contributed by atoms with Crippen LogP contribution in [0, 0.1) is 0 Å². The molecule has 0 aliphatic heterocycles. The summed E-state index contributed by atoms with van der Waals surface area (Å²) >= 11 is 0. The zero-order valence-corrected chi connectivity index (χ0v) is 7.03. The maximum atomic E-state index is 10.4. The van der Waals surface area contributed by atoms with Crippen molar-refractivity contribution in [3.8, 4) is 0 Å². The largest absolute Gasteiger partial charge is 0.387 e. The zero-order chi connectivity index (χ0) is 12.9. The number of aliphatic hydroxyl groups is 5. The molecule has 14 heavy (non-hydrogen) atoms. The fraction of sp³-hybridized carbons (Fsp3) is 0.833. The van der Waals surface area contributed by atoms with Crippen molar-refractivity contribution < 1.29 is 33.2 Å². The van der Waals surface area contributed by atoms with E-state index in [1.165, 1.54) is 11.5 Å². The number of hydrogen-bond acceptors (Lipinski definition) is 8. The van der Waals surface area contributed by atoms with Gasteiger partial charge in [-0.3, -0.25) is 10.5 Å². The van der Waals surface area contributed by atoms with Crippen molar-refractivity contribution in [3.63, 3.8) is 0 Å². The van der Waals surface area contributed by atoms with Gasteiger partial charge in [0, 0.05) is 0 Å². The van der Waals surface area contributed by atoms with Gasteiger partial charge in [-0.05, 0) is 0 Å². The van der Waals surface area contributed by atoms with Crippen molar-refractivity contribution in [2.75, 3.05) is 0 Å². The predicted octanol–water partition coefficient (Wildman–Crippen LogP) is -4.81. The Balaban J connectivity index is 4.71. The molecule has 8 nitrogen and oxygen atoms in total. The SMILES string of the molecule is [2H]NC(O)[C@@H](O)[C@@H](O)[C@H](O)[C@@](O)(C=O)N[2H]. The van der Waals surface area contributed by atoms with Gasteiger partial charge >= 0.3 is 0 Å². The van der Waals surface area contributed by atoms with Crippen LogP contribution in [0.1, 0.15) is 0 Å². The van der Waals surface area contributed by atoms with E-state index in [0.29, 0.717) is 0 Å². The number of carbonyl (C=O) groups excluding carboxylic acids is 1. The standard InChI is InChI=1S/C6H14N2O6/c7-5(13)3(11)2(10)4(12)6(8,14)1-9/h1-5,10-14H,7-8H2/t2-,3+,4+,5?,6+/m1/s1/i/hD2. The summed E-state index contributed by atoms with van der Waals surface area (Å²) in [5.41, 5.74) is -0.0663. The number of nitrogens with two attached hydrogens (primary N) is 2. The van der Waals surface area contributed by atoms with Gasteiger partial charge in [0.1, 0.15) is 27.4 Å². The average Bonchev–Trinajstić information content (AvgIpc) is 2.33. The zero-order valence-electron chi connectivity index (χ0n) is 9.03. The van der Waals surface area contributed by atoms with Gasteiger partial charge in [-0.15, -0.1) is 0 Å². The first-order valence-electron chi connectivity index (χ1n) is 4.61. The maximum Gasteiger partial charge on any atom is 0.199 e. The number of hydrogen-bond donors (Lipinski definition) is 7. The molecular weight excluding hydrogens is 196 g/mol. The number of rotatable bonds is 7. The number of carbonyl (C=O) groups is 1. The van der Waals surface area contributed by atoms with E-state index in [2.05, 4.69) is 0 Å². The molecule has 0 amide bonds. The molecular formula is C6H14N2O6. The van der Waals surface area contributed by atoms with Crippen molar-refractivity contribution in [3.05, 3.63) is 0 Å². The Morgan fingerprint density at radius 2 is 1.86 bits per heavy atom. The molecule has 84 valence electrons. The molecule has 9 N–H and O–H groups in total. The second-order valence-corrected chi connectivity index (χ2v) is 2.81. The van der Waals surface area contributed by atoms with Crippen molar-refractivity contribution in [2.24, 2.45) is 11.5 Å². The van der Waals surface area contributed by atoms with E-state index in [4.69, 9.17) is 13.0 Å². The van der Waals surface area contributed by atoms with Crippen molar-refractivity contribution in [1.29, 1.82) is 0 Å². The molecule has 0 aromatic carbocycles. The monoisotopic (exact) mass is 212 g/mol. The van der Waals surface area contributed by atoms with Crippen LogP contribution in [0.15, 0.2) is 0 Å². The Morgan fingerprint density at radius 1 is 1.29 bits per heavy atom. The van der Waals surface area contributed by atoms with Crippen LogP contribution in [0.25, 0.3) is 0 Å². The molecule has 0 radical (unpaired) electrons. The minimum atomic E-state index is -2.79. The topological polar surface area (TPSA) is 170 Å². The third-order valence-corrected chi connectivity index (χ3v) is 1.63. The quantitative estimate of drug-likeness (QED) is 0.163. The normalized spacial score (nSPS) is 26.4. The van der Waals surface area contributed by atoms with Gasteiger partial charge in [0.15, 0.2) is 12.0 Å². The fourth-order valence-corrected chi connectivity index (χ4v) is 0.704. The van der Waals surface area contributed by atoms with Gasteiger partial charge in [-0.1, -0.05) is 0 Å². The molecule has 0 aromatic heterocycles. The lowest BCUT2D eigenvalue weighted by Crippen LogP contribution is -2.61. The van der Waals surface area contributed by atoms with Crippen LogP contribution >= 0.6 is 0 Å².